The number of rotatable bonds is 5. The molecule has 2 aromatic rings. The Bertz CT molecular complexity index is 769. The van der Waals surface area contributed by atoms with Gasteiger partial charge >= 0.3 is 5.97 Å². The van der Waals surface area contributed by atoms with Crippen molar-refractivity contribution in [3.8, 4) is 5.75 Å². The number of nitrogens with one attached hydrogen (secondary N) is 1. The molecule has 0 atom stereocenters. The Morgan fingerprint density at radius 3 is 2.32 bits per heavy atom. The van der Waals surface area contributed by atoms with Gasteiger partial charge in [-0.3, -0.25) is 4.79 Å². The Labute approximate surface area is 128 Å². The molecule has 2 aromatic carbocycles. The SMILES string of the molecule is CC(=O)Oc1ccc(/C=N/NS(=O)(=O)c2ccccc2)cc1. The van der Waals surface area contributed by atoms with E-state index in [9.17, 15) is 13.2 Å². The highest BCUT2D eigenvalue weighted by atomic mass is 32.2. The molecular formula is C15H14N2O4S. The van der Waals surface area contributed by atoms with E-state index in [1.54, 1.807) is 42.5 Å². The molecule has 0 amide bonds. The first-order chi connectivity index (χ1) is 10.5. The normalized spacial score (nSPS) is 11.3. The smallest absolute Gasteiger partial charge is 0.308 e. The van der Waals surface area contributed by atoms with Crippen molar-refractivity contribution in [1.29, 1.82) is 0 Å². The molecule has 6 nitrogen and oxygen atoms in total. The van der Waals surface area contributed by atoms with Crippen LogP contribution in [0.2, 0.25) is 0 Å². The van der Waals surface area contributed by atoms with Gasteiger partial charge in [0.2, 0.25) is 0 Å². The van der Waals surface area contributed by atoms with Crippen molar-refractivity contribution in [2.45, 2.75) is 11.8 Å². The van der Waals surface area contributed by atoms with Gasteiger partial charge in [-0.1, -0.05) is 18.2 Å². The summed E-state index contributed by atoms with van der Waals surface area (Å²) in [6.07, 6.45) is 1.36. The Morgan fingerprint density at radius 2 is 1.73 bits per heavy atom. The van der Waals surface area contributed by atoms with Gasteiger partial charge in [0.25, 0.3) is 10.0 Å². The van der Waals surface area contributed by atoms with Crippen LogP contribution >= 0.6 is 0 Å². The number of esters is 1. The van der Waals surface area contributed by atoms with E-state index in [0.717, 1.165) is 0 Å². The number of nitrogens with zero attached hydrogens (tertiary/aromatic N) is 1. The van der Waals surface area contributed by atoms with E-state index in [-0.39, 0.29) is 4.90 Å². The first-order valence-electron chi connectivity index (χ1n) is 6.36. The van der Waals surface area contributed by atoms with Crippen LogP contribution in [0.5, 0.6) is 5.75 Å². The van der Waals surface area contributed by atoms with Gasteiger partial charge in [-0.25, -0.2) is 4.83 Å². The average Bonchev–Trinajstić information content (AvgIpc) is 2.49. The van der Waals surface area contributed by atoms with Crippen molar-refractivity contribution >= 4 is 22.2 Å². The lowest BCUT2D eigenvalue weighted by Gasteiger charge is -2.03. The molecule has 0 unspecified atom stereocenters. The van der Waals surface area contributed by atoms with Crippen LogP contribution in [-0.2, 0) is 14.8 Å². The lowest BCUT2D eigenvalue weighted by atomic mass is 10.2. The molecule has 7 heteroatoms. The van der Waals surface area contributed by atoms with Crippen LogP contribution in [0.4, 0.5) is 0 Å². The lowest BCUT2D eigenvalue weighted by molar-refractivity contribution is -0.131. The third-order valence-electron chi connectivity index (χ3n) is 2.58. The molecule has 0 fully saturated rings. The monoisotopic (exact) mass is 318 g/mol. The molecule has 22 heavy (non-hydrogen) atoms. The molecule has 0 aromatic heterocycles. The number of hydrogen-bond donors (Lipinski definition) is 1. The summed E-state index contributed by atoms with van der Waals surface area (Å²) in [7, 11) is -3.67. The summed E-state index contributed by atoms with van der Waals surface area (Å²) in [5, 5.41) is 3.71. The quantitative estimate of drug-likeness (QED) is 0.395. The van der Waals surface area contributed by atoms with Gasteiger partial charge in [0.05, 0.1) is 11.1 Å². The number of ether oxygens (including phenoxy) is 1. The summed E-state index contributed by atoms with van der Waals surface area (Å²) in [6.45, 7) is 1.31. The first kappa shape index (κ1) is 15.7. The summed E-state index contributed by atoms with van der Waals surface area (Å²) >= 11 is 0. The van der Waals surface area contributed by atoms with E-state index >= 15 is 0 Å². The molecule has 0 aliphatic carbocycles. The largest absolute Gasteiger partial charge is 0.427 e. The summed E-state index contributed by atoms with van der Waals surface area (Å²) < 4.78 is 28.7. The summed E-state index contributed by atoms with van der Waals surface area (Å²) in [5.74, 6) is 0.00607. The van der Waals surface area contributed by atoms with Crippen molar-refractivity contribution in [2.24, 2.45) is 5.10 Å². The fourth-order valence-electron chi connectivity index (χ4n) is 1.61. The minimum Gasteiger partial charge on any atom is -0.427 e. The third-order valence-corrected chi connectivity index (χ3v) is 3.82. The molecule has 0 radical (unpaired) electrons. The van der Waals surface area contributed by atoms with Crippen LogP contribution in [0.15, 0.2) is 64.6 Å². The number of carbonyl (C=O) groups excluding carboxylic acids is 1. The second kappa shape index (κ2) is 6.86. The number of hydrogen-bond acceptors (Lipinski definition) is 5. The summed E-state index contributed by atoms with van der Waals surface area (Å²) in [4.78, 5) is 13.1. The molecule has 0 aliphatic rings. The van der Waals surface area contributed by atoms with Crippen LogP contribution in [0.1, 0.15) is 12.5 Å². The number of benzene rings is 2. The minimum absolute atomic E-state index is 0.136. The van der Waals surface area contributed by atoms with Crippen LogP contribution in [0, 0.1) is 0 Å². The van der Waals surface area contributed by atoms with Crippen molar-refractivity contribution in [1.82, 2.24) is 4.83 Å². The molecule has 0 bridgehead atoms. The van der Waals surface area contributed by atoms with Crippen molar-refractivity contribution in [3.05, 3.63) is 60.2 Å². The second-order valence-electron chi connectivity index (χ2n) is 4.33. The maximum Gasteiger partial charge on any atom is 0.308 e. The van der Waals surface area contributed by atoms with Gasteiger partial charge in [0.15, 0.2) is 0 Å². The van der Waals surface area contributed by atoms with E-state index in [1.807, 2.05) is 0 Å². The maximum absolute atomic E-state index is 11.9. The Kier molecular flexibility index (Phi) is 4.90. The van der Waals surface area contributed by atoms with Crippen LogP contribution in [0.25, 0.3) is 0 Å². The van der Waals surface area contributed by atoms with Crippen molar-refractivity contribution < 1.29 is 17.9 Å². The standard InChI is InChI=1S/C15H14N2O4S/c1-12(18)21-14-9-7-13(8-10-14)11-16-17-22(19,20)15-5-3-2-4-6-15/h2-11,17H,1H3/b16-11+. The fraction of sp³-hybridized carbons (Fsp3) is 0.0667. The zero-order chi connectivity index (χ0) is 16.0. The number of carbonyl (C=O) groups is 1. The van der Waals surface area contributed by atoms with E-state index in [1.165, 1.54) is 25.3 Å². The van der Waals surface area contributed by atoms with Gasteiger partial charge in [0.1, 0.15) is 5.75 Å². The molecule has 0 saturated carbocycles. The number of sulfonamides is 1. The molecule has 0 spiro atoms. The highest BCUT2D eigenvalue weighted by molar-refractivity contribution is 7.89. The second-order valence-corrected chi connectivity index (χ2v) is 5.99. The third kappa shape index (κ3) is 4.42. The van der Waals surface area contributed by atoms with E-state index in [2.05, 4.69) is 9.93 Å². The molecule has 1 N–H and O–H groups in total. The zero-order valence-electron chi connectivity index (χ0n) is 11.8. The van der Waals surface area contributed by atoms with Crippen molar-refractivity contribution in [3.63, 3.8) is 0 Å². The van der Waals surface area contributed by atoms with Crippen LogP contribution < -0.4 is 9.57 Å². The maximum atomic E-state index is 11.9. The van der Waals surface area contributed by atoms with Gasteiger partial charge in [0, 0.05) is 6.92 Å². The van der Waals surface area contributed by atoms with Gasteiger partial charge in [-0.2, -0.15) is 13.5 Å². The molecule has 0 heterocycles. The molecule has 2 rings (SSSR count). The first-order valence-corrected chi connectivity index (χ1v) is 7.84. The van der Waals surface area contributed by atoms with Crippen LogP contribution in [0.3, 0.4) is 0 Å². The molecule has 0 aliphatic heterocycles. The highest BCUT2D eigenvalue weighted by Crippen LogP contribution is 2.11. The van der Waals surface area contributed by atoms with E-state index in [4.69, 9.17) is 4.74 Å². The Balaban J connectivity index is 2.02. The van der Waals surface area contributed by atoms with Gasteiger partial charge < -0.3 is 4.74 Å². The lowest BCUT2D eigenvalue weighted by Crippen LogP contribution is -2.18. The average molecular weight is 318 g/mol. The zero-order valence-corrected chi connectivity index (χ0v) is 12.6. The van der Waals surface area contributed by atoms with Gasteiger partial charge in [-0.15, -0.1) is 0 Å². The highest BCUT2D eigenvalue weighted by Gasteiger charge is 2.10. The molecule has 0 saturated heterocycles. The molecular weight excluding hydrogens is 304 g/mol. The van der Waals surface area contributed by atoms with Crippen LogP contribution in [-0.4, -0.2) is 20.6 Å². The minimum atomic E-state index is -3.67. The van der Waals surface area contributed by atoms with E-state index < -0.39 is 16.0 Å². The topological polar surface area (TPSA) is 84.8 Å². The molecule has 114 valence electrons. The van der Waals surface area contributed by atoms with Crippen molar-refractivity contribution in [2.75, 3.05) is 0 Å². The fourth-order valence-corrected chi connectivity index (χ4v) is 2.42. The Morgan fingerprint density at radius 1 is 1.09 bits per heavy atom. The summed E-state index contributed by atoms with van der Waals surface area (Å²) in [5.41, 5.74) is 0.659. The predicted octanol–water partition coefficient (Wildman–Crippen LogP) is 1.92. The Hall–Kier alpha value is -2.67. The van der Waals surface area contributed by atoms with E-state index in [0.29, 0.717) is 11.3 Å². The predicted molar refractivity (Wildman–Crippen MR) is 82.1 cm³/mol. The number of hydrazone groups is 1. The summed E-state index contributed by atoms with van der Waals surface area (Å²) in [6, 6.07) is 14.4. The van der Waals surface area contributed by atoms with Gasteiger partial charge in [-0.05, 0) is 42.0 Å².